The number of rotatable bonds is 1. The van der Waals surface area contributed by atoms with E-state index in [-0.39, 0.29) is 12.2 Å². The molecule has 0 atom stereocenters. The fraction of sp³-hybridized carbons (Fsp3) is 0.222. The zero-order valence-corrected chi connectivity index (χ0v) is 8.15. The largest absolute Gasteiger partial charge is 0.206 e. The van der Waals surface area contributed by atoms with Crippen LogP contribution in [0.15, 0.2) is 16.6 Å². The first kappa shape index (κ1) is 9.21. The van der Waals surface area contributed by atoms with Crippen LogP contribution in [0.5, 0.6) is 0 Å². The Morgan fingerprint density at radius 2 is 2.25 bits per heavy atom. The maximum absolute atomic E-state index is 12.9. The molecule has 1 aromatic rings. The highest BCUT2D eigenvalue weighted by molar-refractivity contribution is 9.10. The summed E-state index contributed by atoms with van der Waals surface area (Å²) in [5.41, 5.74) is 1.67. The quantitative estimate of drug-likeness (QED) is 0.724. The van der Waals surface area contributed by atoms with Gasteiger partial charge in [-0.05, 0) is 40.0 Å². The van der Waals surface area contributed by atoms with Gasteiger partial charge >= 0.3 is 0 Å². The van der Waals surface area contributed by atoms with E-state index in [1.54, 1.807) is 6.07 Å². The first-order valence-electron chi connectivity index (χ1n) is 3.47. The summed E-state index contributed by atoms with van der Waals surface area (Å²) in [6.45, 7) is 1.86. The van der Waals surface area contributed by atoms with Crippen LogP contribution in [0.4, 0.5) is 4.39 Å². The van der Waals surface area contributed by atoms with Crippen LogP contribution in [-0.4, -0.2) is 0 Å². The number of halogens is 2. The van der Waals surface area contributed by atoms with Crippen LogP contribution >= 0.6 is 15.9 Å². The van der Waals surface area contributed by atoms with Gasteiger partial charge in [-0.2, -0.15) is 5.26 Å². The van der Waals surface area contributed by atoms with E-state index in [2.05, 4.69) is 15.9 Å². The van der Waals surface area contributed by atoms with E-state index >= 15 is 0 Å². The lowest BCUT2D eigenvalue weighted by Crippen LogP contribution is -1.92. The highest BCUT2D eigenvalue weighted by atomic mass is 79.9. The van der Waals surface area contributed by atoms with Gasteiger partial charge in [0, 0.05) is 0 Å². The lowest BCUT2D eigenvalue weighted by molar-refractivity contribution is 0.618. The van der Waals surface area contributed by atoms with Crippen molar-refractivity contribution in [3.05, 3.63) is 33.5 Å². The maximum atomic E-state index is 12.9. The minimum absolute atomic E-state index is 0.240. The molecular formula is C9H7BrFN. The number of hydrogen-bond acceptors (Lipinski definition) is 1. The van der Waals surface area contributed by atoms with Gasteiger partial charge in [0.05, 0.1) is 17.0 Å². The Kier molecular flexibility index (Phi) is 2.83. The summed E-state index contributed by atoms with van der Waals surface area (Å²) < 4.78 is 13.3. The lowest BCUT2D eigenvalue weighted by atomic mass is 10.1. The van der Waals surface area contributed by atoms with Gasteiger partial charge in [-0.25, -0.2) is 4.39 Å². The standard InChI is InChI=1S/C9H7BrFN/c1-6-2-3-8(11)9(10)7(6)4-5-12/h2-3H,4H2,1H3. The summed E-state index contributed by atoms with van der Waals surface area (Å²) in [6.07, 6.45) is 0.240. The fourth-order valence-electron chi connectivity index (χ4n) is 0.985. The predicted octanol–water partition coefficient (Wildman–Crippen LogP) is 2.96. The zero-order chi connectivity index (χ0) is 9.14. The van der Waals surface area contributed by atoms with Gasteiger partial charge in [0.1, 0.15) is 5.82 Å². The van der Waals surface area contributed by atoms with Crippen molar-refractivity contribution in [2.75, 3.05) is 0 Å². The van der Waals surface area contributed by atoms with E-state index in [1.807, 2.05) is 13.0 Å². The van der Waals surface area contributed by atoms with E-state index in [1.165, 1.54) is 6.07 Å². The molecule has 1 aromatic carbocycles. The predicted molar refractivity (Wildman–Crippen MR) is 48.2 cm³/mol. The van der Waals surface area contributed by atoms with Crippen molar-refractivity contribution in [3.8, 4) is 6.07 Å². The zero-order valence-electron chi connectivity index (χ0n) is 6.56. The molecule has 3 heteroatoms. The van der Waals surface area contributed by atoms with E-state index in [9.17, 15) is 4.39 Å². The van der Waals surface area contributed by atoms with Crippen molar-refractivity contribution in [1.82, 2.24) is 0 Å². The Bertz CT molecular complexity index is 341. The first-order valence-corrected chi connectivity index (χ1v) is 4.26. The van der Waals surface area contributed by atoms with Gasteiger partial charge in [0.15, 0.2) is 0 Å². The van der Waals surface area contributed by atoms with Crippen LogP contribution in [0.2, 0.25) is 0 Å². The molecule has 0 saturated carbocycles. The van der Waals surface area contributed by atoms with E-state index in [0.29, 0.717) is 4.47 Å². The van der Waals surface area contributed by atoms with Crippen LogP contribution in [0.3, 0.4) is 0 Å². The van der Waals surface area contributed by atoms with Crippen LogP contribution in [0.1, 0.15) is 11.1 Å². The van der Waals surface area contributed by atoms with Gasteiger partial charge in [0.25, 0.3) is 0 Å². The topological polar surface area (TPSA) is 23.8 Å². The van der Waals surface area contributed by atoms with E-state index in [0.717, 1.165) is 11.1 Å². The van der Waals surface area contributed by atoms with Crippen molar-refractivity contribution >= 4 is 15.9 Å². The molecule has 1 rings (SSSR count). The Balaban J connectivity index is 3.25. The number of hydrogen-bond donors (Lipinski definition) is 0. The average molecular weight is 228 g/mol. The maximum Gasteiger partial charge on any atom is 0.137 e. The molecule has 0 unspecified atom stereocenters. The van der Waals surface area contributed by atoms with Gasteiger partial charge in [-0.1, -0.05) is 6.07 Å². The van der Waals surface area contributed by atoms with Crippen LogP contribution in [-0.2, 0) is 6.42 Å². The monoisotopic (exact) mass is 227 g/mol. The second kappa shape index (κ2) is 3.68. The first-order chi connectivity index (χ1) is 5.66. The van der Waals surface area contributed by atoms with Gasteiger partial charge in [0.2, 0.25) is 0 Å². The number of benzene rings is 1. The summed E-state index contributed by atoms with van der Waals surface area (Å²) in [6, 6.07) is 5.06. The molecule has 0 N–H and O–H groups in total. The molecule has 0 heterocycles. The Labute approximate surface area is 79.0 Å². The molecule has 1 nitrogen and oxygen atoms in total. The summed E-state index contributed by atoms with van der Waals surface area (Å²) in [5.74, 6) is -0.314. The second-order valence-corrected chi connectivity index (χ2v) is 3.28. The van der Waals surface area contributed by atoms with E-state index < -0.39 is 0 Å². The van der Waals surface area contributed by atoms with Crippen molar-refractivity contribution in [2.45, 2.75) is 13.3 Å². The van der Waals surface area contributed by atoms with Crippen LogP contribution < -0.4 is 0 Å². The highest BCUT2D eigenvalue weighted by Gasteiger charge is 2.07. The normalized spacial score (nSPS) is 9.50. The molecular weight excluding hydrogens is 221 g/mol. The molecule has 0 aromatic heterocycles. The molecule has 0 saturated heterocycles. The third-order valence-corrected chi connectivity index (χ3v) is 2.54. The SMILES string of the molecule is Cc1ccc(F)c(Br)c1CC#N. The Hall–Kier alpha value is -0.880. The molecule has 0 aliphatic carbocycles. The van der Waals surface area contributed by atoms with Crippen molar-refractivity contribution < 1.29 is 4.39 Å². The smallest absolute Gasteiger partial charge is 0.137 e. The molecule has 0 radical (unpaired) electrons. The van der Waals surface area contributed by atoms with E-state index in [4.69, 9.17) is 5.26 Å². The Morgan fingerprint density at radius 1 is 1.58 bits per heavy atom. The third-order valence-electron chi connectivity index (χ3n) is 1.69. The van der Waals surface area contributed by atoms with Gasteiger partial charge < -0.3 is 0 Å². The summed E-state index contributed by atoms with van der Waals surface area (Å²) in [5, 5.41) is 8.47. The van der Waals surface area contributed by atoms with Crippen LogP contribution in [0.25, 0.3) is 0 Å². The summed E-state index contributed by atoms with van der Waals surface area (Å²) in [4.78, 5) is 0. The van der Waals surface area contributed by atoms with Crippen molar-refractivity contribution in [3.63, 3.8) is 0 Å². The summed E-state index contributed by atoms with van der Waals surface area (Å²) >= 11 is 3.11. The minimum Gasteiger partial charge on any atom is -0.206 e. The van der Waals surface area contributed by atoms with Crippen molar-refractivity contribution in [2.24, 2.45) is 0 Å². The number of nitriles is 1. The minimum atomic E-state index is -0.314. The molecule has 0 aliphatic heterocycles. The number of aryl methyl sites for hydroxylation is 1. The lowest BCUT2D eigenvalue weighted by Gasteiger charge is -2.04. The Morgan fingerprint density at radius 3 is 2.83 bits per heavy atom. The molecule has 0 spiro atoms. The molecule has 0 bridgehead atoms. The van der Waals surface area contributed by atoms with Crippen molar-refractivity contribution in [1.29, 1.82) is 5.26 Å². The molecule has 0 fully saturated rings. The third kappa shape index (κ3) is 1.64. The highest BCUT2D eigenvalue weighted by Crippen LogP contribution is 2.23. The number of nitrogens with zero attached hydrogens (tertiary/aromatic N) is 1. The van der Waals surface area contributed by atoms with Gasteiger partial charge in [-0.3, -0.25) is 0 Å². The molecule has 12 heavy (non-hydrogen) atoms. The van der Waals surface area contributed by atoms with Crippen LogP contribution in [0, 0.1) is 24.1 Å². The average Bonchev–Trinajstić information content (AvgIpc) is 2.06. The van der Waals surface area contributed by atoms with Gasteiger partial charge in [-0.15, -0.1) is 0 Å². The molecule has 0 aliphatic rings. The molecule has 62 valence electrons. The summed E-state index contributed by atoms with van der Waals surface area (Å²) in [7, 11) is 0. The second-order valence-electron chi connectivity index (χ2n) is 2.49. The fourth-order valence-corrected chi connectivity index (χ4v) is 1.57. The molecule has 0 amide bonds.